The maximum Gasteiger partial charge on any atom is 0.270 e. The summed E-state index contributed by atoms with van der Waals surface area (Å²) in [7, 11) is 0. The van der Waals surface area contributed by atoms with E-state index in [1.165, 1.54) is 25.0 Å². The van der Waals surface area contributed by atoms with Gasteiger partial charge in [-0.3, -0.25) is 14.8 Å². The number of nitrogens with one attached hydrogen (secondary N) is 1. The molecule has 1 fully saturated rings. The lowest BCUT2D eigenvalue weighted by molar-refractivity contribution is -0.384. The molecule has 1 atom stereocenters. The van der Waals surface area contributed by atoms with Crippen LogP contribution in [0.5, 0.6) is 0 Å². The van der Waals surface area contributed by atoms with Crippen LogP contribution in [0.25, 0.3) is 11.4 Å². The van der Waals surface area contributed by atoms with Gasteiger partial charge in [0, 0.05) is 24.2 Å². The predicted molar refractivity (Wildman–Crippen MR) is 77.7 cm³/mol. The Labute approximate surface area is 122 Å². The van der Waals surface area contributed by atoms with E-state index in [9.17, 15) is 10.1 Å². The van der Waals surface area contributed by atoms with Gasteiger partial charge in [0.15, 0.2) is 5.82 Å². The van der Waals surface area contributed by atoms with Crippen LogP contribution in [0, 0.1) is 16.0 Å². The molecule has 21 heavy (non-hydrogen) atoms. The summed E-state index contributed by atoms with van der Waals surface area (Å²) in [6.45, 7) is 2.92. The standard InChI is InChI=1S/C14H17N5O2/c20-19(21)13-5-1-4-12(7-13)14-16-10-18(17-14)9-11-3-2-6-15-8-11/h1,4-5,7,10-11,15H,2-3,6,8-9H2. The highest BCUT2D eigenvalue weighted by atomic mass is 16.6. The first-order valence-electron chi connectivity index (χ1n) is 7.07. The van der Waals surface area contributed by atoms with Crippen LogP contribution in [0.3, 0.4) is 0 Å². The molecule has 7 nitrogen and oxygen atoms in total. The Balaban J connectivity index is 1.75. The average molecular weight is 287 g/mol. The fourth-order valence-electron chi connectivity index (χ4n) is 2.62. The van der Waals surface area contributed by atoms with Gasteiger partial charge in [-0.15, -0.1) is 0 Å². The smallest absolute Gasteiger partial charge is 0.270 e. The van der Waals surface area contributed by atoms with E-state index in [0.717, 1.165) is 19.6 Å². The molecule has 2 aromatic rings. The second-order valence-corrected chi connectivity index (χ2v) is 5.31. The van der Waals surface area contributed by atoms with Crippen molar-refractivity contribution in [1.29, 1.82) is 0 Å². The number of nitro groups is 1. The molecule has 0 saturated carbocycles. The van der Waals surface area contributed by atoms with Gasteiger partial charge >= 0.3 is 0 Å². The molecule has 1 saturated heterocycles. The molecule has 7 heteroatoms. The van der Waals surface area contributed by atoms with E-state index in [1.54, 1.807) is 18.5 Å². The van der Waals surface area contributed by atoms with Gasteiger partial charge in [-0.2, -0.15) is 5.10 Å². The minimum absolute atomic E-state index is 0.0559. The van der Waals surface area contributed by atoms with Crippen molar-refractivity contribution in [3.8, 4) is 11.4 Å². The second kappa shape index (κ2) is 6.01. The summed E-state index contributed by atoms with van der Waals surface area (Å²) in [6.07, 6.45) is 4.08. The van der Waals surface area contributed by atoms with Crippen molar-refractivity contribution in [2.75, 3.05) is 13.1 Å². The van der Waals surface area contributed by atoms with Crippen LogP contribution >= 0.6 is 0 Å². The molecule has 110 valence electrons. The highest BCUT2D eigenvalue weighted by Gasteiger charge is 2.15. The fraction of sp³-hybridized carbons (Fsp3) is 0.429. The topological polar surface area (TPSA) is 85.9 Å². The number of nitro benzene ring substituents is 1. The third-order valence-corrected chi connectivity index (χ3v) is 3.70. The Morgan fingerprint density at radius 1 is 1.48 bits per heavy atom. The zero-order valence-corrected chi connectivity index (χ0v) is 11.6. The number of non-ortho nitro benzene ring substituents is 1. The van der Waals surface area contributed by atoms with Gasteiger partial charge in [0.05, 0.1) is 4.92 Å². The van der Waals surface area contributed by atoms with E-state index >= 15 is 0 Å². The van der Waals surface area contributed by atoms with Crippen LogP contribution in [0.15, 0.2) is 30.6 Å². The van der Waals surface area contributed by atoms with Gasteiger partial charge < -0.3 is 5.32 Å². The summed E-state index contributed by atoms with van der Waals surface area (Å²) in [6, 6.07) is 6.41. The zero-order chi connectivity index (χ0) is 14.7. The molecule has 1 aliphatic rings. The first kappa shape index (κ1) is 13.7. The van der Waals surface area contributed by atoms with Crippen LogP contribution in [0.4, 0.5) is 5.69 Å². The summed E-state index contributed by atoms with van der Waals surface area (Å²) >= 11 is 0. The third-order valence-electron chi connectivity index (χ3n) is 3.70. The summed E-state index contributed by atoms with van der Waals surface area (Å²) < 4.78 is 1.83. The van der Waals surface area contributed by atoms with Crippen LogP contribution in [-0.2, 0) is 6.54 Å². The maximum absolute atomic E-state index is 10.8. The number of benzene rings is 1. The maximum atomic E-state index is 10.8. The molecule has 0 bridgehead atoms. The Bertz CT molecular complexity index is 634. The van der Waals surface area contributed by atoms with Crippen LogP contribution in [0.1, 0.15) is 12.8 Å². The second-order valence-electron chi connectivity index (χ2n) is 5.31. The summed E-state index contributed by atoms with van der Waals surface area (Å²) in [5, 5.41) is 18.6. The van der Waals surface area contributed by atoms with E-state index in [0.29, 0.717) is 17.3 Å². The number of rotatable bonds is 4. The predicted octanol–water partition coefficient (Wildman–Crippen LogP) is 1.85. The molecule has 0 radical (unpaired) electrons. The minimum Gasteiger partial charge on any atom is -0.316 e. The van der Waals surface area contributed by atoms with Crippen molar-refractivity contribution in [1.82, 2.24) is 20.1 Å². The van der Waals surface area contributed by atoms with Gasteiger partial charge in [0.1, 0.15) is 6.33 Å². The SMILES string of the molecule is O=[N+]([O-])c1cccc(-c2ncn(CC3CCCNC3)n2)c1. The van der Waals surface area contributed by atoms with E-state index in [1.807, 2.05) is 4.68 Å². The number of hydrogen-bond donors (Lipinski definition) is 1. The first-order valence-corrected chi connectivity index (χ1v) is 7.07. The molecule has 1 unspecified atom stereocenters. The van der Waals surface area contributed by atoms with Gasteiger partial charge in [0.25, 0.3) is 5.69 Å². The lowest BCUT2D eigenvalue weighted by atomic mass is 10.00. The van der Waals surface area contributed by atoms with E-state index in [4.69, 9.17) is 0 Å². The summed E-state index contributed by atoms with van der Waals surface area (Å²) in [5.74, 6) is 1.10. The van der Waals surface area contributed by atoms with Gasteiger partial charge in [-0.1, -0.05) is 12.1 Å². The van der Waals surface area contributed by atoms with Gasteiger partial charge in [-0.05, 0) is 31.8 Å². The van der Waals surface area contributed by atoms with Crippen molar-refractivity contribution in [2.24, 2.45) is 5.92 Å². The van der Waals surface area contributed by atoms with E-state index in [2.05, 4.69) is 15.4 Å². The van der Waals surface area contributed by atoms with Crippen molar-refractivity contribution in [3.05, 3.63) is 40.7 Å². The molecular weight excluding hydrogens is 270 g/mol. The Kier molecular flexibility index (Phi) is 3.92. The number of hydrogen-bond acceptors (Lipinski definition) is 5. The largest absolute Gasteiger partial charge is 0.316 e. The number of aromatic nitrogens is 3. The van der Waals surface area contributed by atoms with Crippen molar-refractivity contribution in [3.63, 3.8) is 0 Å². The summed E-state index contributed by atoms with van der Waals surface area (Å²) in [5.41, 5.74) is 0.727. The molecule has 0 aliphatic carbocycles. The van der Waals surface area contributed by atoms with Crippen LogP contribution in [0.2, 0.25) is 0 Å². The molecule has 0 amide bonds. The first-order chi connectivity index (χ1) is 10.2. The Morgan fingerprint density at radius 2 is 2.38 bits per heavy atom. The molecule has 3 rings (SSSR count). The zero-order valence-electron chi connectivity index (χ0n) is 11.6. The normalized spacial score (nSPS) is 18.6. The molecule has 1 aromatic carbocycles. The highest BCUT2D eigenvalue weighted by Crippen LogP contribution is 2.21. The Hall–Kier alpha value is -2.28. The van der Waals surface area contributed by atoms with Crippen molar-refractivity contribution >= 4 is 5.69 Å². The highest BCUT2D eigenvalue weighted by molar-refractivity contribution is 5.58. The molecule has 1 aromatic heterocycles. The molecule has 2 heterocycles. The van der Waals surface area contributed by atoms with Gasteiger partial charge in [-0.25, -0.2) is 4.98 Å². The average Bonchev–Trinajstić information content (AvgIpc) is 2.97. The van der Waals surface area contributed by atoms with Crippen molar-refractivity contribution in [2.45, 2.75) is 19.4 Å². The minimum atomic E-state index is -0.409. The fourth-order valence-corrected chi connectivity index (χ4v) is 2.62. The quantitative estimate of drug-likeness (QED) is 0.685. The van der Waals surface area contributed by atoms with Gasteiger partial charge in [0.2, 0.25) is 0 Å². The van der Waals surface area contributed by atoms with Crippen molar-refractivity contribution < 1.29 is 4.92 Å². The Morgan fingerprint density at radius 3 is 3.14 bits per heavy atom. The molecule has 1 aliphatic heterocycles. The lowest BCUT2D eigenvalue weighted by Gasteiger charge is -2.22. The van der Waals surface area contributed by atoms with Crippen LogP contribution < -0.4 is 5.32 Å². The monoisotopic (exact) mass is 287 g/mol. The van der Waals surface area contributed by atoms with E-state index < -0.39 is 4.92 Å². The molecule has 0 spiro atoms. The molecular formula is C14H17N5O2. The molecule has 1 N–H and O–H groups in total. The third kappa shape index (κ3) is 3.25. The van der Waals surface area contributed by atoms with Crippen LogP contribution in [-0.4, -0.2) is 32.8 Å². The lowest BCUT2D eigenvalue weighted by Crippen LogP contribution is -2.32. The number of piperidine rings is 1. The summed E-state index contributed by atoms with van der Waals surface area (Å²) in [4.78, 5) is 14.7. The van der Waals surface area contributed by atoms with E-state index in [-0.39, 0.29) is 5.69 Å². The number of nitrogens with zero attached hydrogens (tertiary/aromatic N) is 4.